The van der Waals surface area contributed by atoms with E-state index in [9.17, 15) is 9.59 Å². The number of nitrogens with one attached hydrogen (secondary N) is 1. The molecular weight excluding hydrogens is 425 g/mol. The predicted octanol–water partition coefficient (Wildman–Crippen LogP) is 4.82. The summed E-state index contributed by atoms with van der Waals surface area (Å²) in [5.41, 5.74) is 0.831. The Morgan fingerprint density at radius 1 is 1.00 bits per heavy atom. The molecule has 0 aliphatic heterocycles. The number of rotatable bonds is 3. The van der Waals surface area contributed by atoms with Crippen LogP contribution in [0.1, 0.15) is 20.7 Å². The van der Waals surface area contributed by atoms with Gasteiger partial charge in [0.2, 0.25) is 0 Å². The summed E-state index contributed by atoms with van der Waals surface area (Å²) < 4.78 is 1.28. The van der Waals surface area contributed by atoms with Gasteiger partial charge in [0.1, 0.15) is 0 Å². The second-order valence-electron chi connectivity index (χ2n) is 4.08. The van der Waals surface area contributed by atoms with Gasteiger partial charge in [0.25, 0.3) is 5.91 Å². The normalized spacial score (nSPS) is 10.2. The van der Waals surface area contributed by atoms with Crippen LogP contribution in [0.2, 0.25) is 5.02 Å². The number of hydrogen-bond acceptors (Lipinski definition) is 2. The number of halogens is 3. The average molecular weight is 433 g/mol. The van der Waals surface area contributed by atoms with E-state index in [0.29, 0.717) is 25.2 Å². The summed E-state index contributed by atoms with van der Waals surface area (Å²) in [6.45, 7) is 0. The van der Waals surface area contributed by atoms with Crippen molar-refractivity contribution >= 4 is 61.0 Å². The Balaban J connectivity index is 2.28. The quantitative estimate of drug-likeness (QED) is 0.730. The van der Waals surface area contributed by atoms with Gasteiger partial charge in [-0.15, -0.1) is 0 Å². The molecule has 0 saturated carbocycles. The minimum Gasteiger partial charge on any atom is -0.478 e. The summed E-state index contributed by atoms with van der Waals surface area (Å²) in [4.78, 5) is 23.1. The lowest BCUT2D eigenvalue weighted by Gasteiger charge is -2.09. The van der Waals surface area contributed by atoms with E-state index >= 15 is 0 Å². The van der Waals surface area contributed by atoms with Gasteiger partial charge in [0, 0.05) is 14.5 Å². The van der Waals surface area contributed by atoms with Gasteiger partial charge in [0.05, 0.1) is 16.3 Å². The number of carboxylic acid groups (broad SMARTS) is 1. The fraction of sp³-hybridized carbons (Fsp3) is 0. The molecule has 0 saturated heterocycles. The van der Waals surface area contributed by atoms with Crippen molar-refractivity contribution < 1.29 is 14.7 Å². The van der Waals surface area contributed by atoms with E-state index in [1.807, 2.05) is 0 Å². The van der Waals surface area contributed by atoms with Crippen molar-refractivity contribution in [3.8, 4) is 0 Å². The molecule has 0 fully saturated rings. The molecule has 0 radical (unpaired) electrons. The molecule has 0 spiro atoms. The van der Waals surface area contributed by atoms with Crippen LogP contribution < -0.4 is 5.32 Å². The number of anilines is 1. The van der Waals surface area contributed by atoms with Crippen LogP contribution in [0, 0.1) is 0 Å². The molecule has 2 rings (SSSR count). The fourth-order valence-electron chi connectivity index (χ4n) is 1.59. The smallest absolute Gasteiger partial charge is 0.335 e. The van der Waals surface area contributed by atoms with Gasteiger partial charge < -0.3 is 10.4 Å². The molecule has 108 valence electrons. The Kier molecular flexibility index (Phi) is 5.03. The molecule has 0 bridgehead atoms. The summed E-state index contributed by atoms with van der Waals surface area (Å²) in [7, 11) is 0. The Hall–Kier alpha value is -1.37. The first-order valence-electron chi connectivity index (χ1n) is 5.67. The van der Waals surface area contributed by atoms with Gasteiger partial charge in [-0.1, -0.05) is 11.6 Å². The van der Waals surface area contributed by atoms with Crippen LogP contribution in [-0.4, -0.2) is 17.0 Å². The number of carbonyl (C=O) groups is 2. The molecule has 0 heterocycles. The second-order valence-corrected chi connectivity index (χ2v) is 6.20. The predicted molar refractivity (Wildman–Crippen MR) is 88.2 cm³/mol. The maximum atomic E-state index is 12.2. The monoisotopic (exact) mass is 431 g/mol. The number of carbonyl (C=O) groups excluding carboxylic acids is 1. The molecule has 0 aromatic heterocycles. The third-order valence-electron chi connectivity index (χ3n) is 2.64. The van der Waals surface area contributed by atoms with E-state index in [1.165, 1.54) is 18.2 Å². The number of benzene rings is 2. The van der Waals surface area contributed by atoms with Gasteiger partial charge in [-0.05, 0) is 68.3 Å². The standard InChI is InChI=1S/C14H8Br2ClNO3/c15-9-3-1-7(5-11(9)17)13(19)18-12-6-8(14(20)21)2-4-10(12)16/h1-6H,(H,18,19)(H,20,21). The highest BCUT2D eigenvalue weighted by Gasteiger charge is 2.12. The fourth-order valence-corrected chi connectivity index (χ4v) is 2.36. The van der Waals surface area contributed by atoms with Crippen LogP contribution in [0.3, 0.4) is 0 Å². The zero-order chi connectivity index (χ0) is 15.6. The molecule has 0 aliphatic rings. The first kappa shape index (κ1) is 16.0. The topological polar surface area (TPSA) is 66.4 Å². The minimum atomic E-state index is -1.07. The molecule has 0 atom stereocenters. The minimum absolute atomic E-state index is 0.0855. The van der Waals surface area contributed by atoms with Crippen LogP contribution in [0.4, 0.5) is 5.69 Å². The van der Waals surface area contributed by atoms with Crippen molar-refractivity contribution in [3.05, 3.63) is 61.5 Å². The number of carboxylic acids is 1. The lowest BCUT2D eigenvalue weighted by atomic mass is 10.1. The molecule has 2 aromatic rings. The van der Waals surface area contributed by atoms with E-state index in [2.05, 4.69) is 37.2 Å². The van der Waals surface area contributed by atoms with Crippen molar-refractivity contribution in [3.63, 3.8) is 0 Å². The Bertz CT molecular complexity index is 734. The van der Waals surface area contributed by atoms with Crippen molar-refractivity contribution in [2.45, 2.75) is 0 Å². The summed E-state index contributed by atoms with van der Waals surface area (Å²) in [5.74, 6) is -1.45. The molecule has 2 N–H and O–H groups in total. The molecule has 0 aliphatic carbocycles. The van der Waals surface area contributed by atoms with Gasteiger partial charge in [0.15, 0.2) is 0 Å². The van der Waals surface area contributed by atoms with E-state index in [1.54, 1.807) is 18.2 Å². The van der Waals surface area contributed by atoms with Gasteiger partial charge in [-0.2, -0.15) is 0 Å². The van der Waals surface area contributed by atoms with E-state index in [0.717, 1.165) is 0 Å². The number of aromatic carboxylic acids is 1. The second kappa shape index (κ2) is 6.60. The van der Waals surface area contributed by atoms with Crippen LogP contribution in [0.25, 0.3) is 0 Å². The highest BCUT2D eigenvalue weighted by atomic mass is 79.9. The van der Waals surface area contributed by atoms with E-state index in [-0.39, 0.29) is 11.5 Å². The zero-order valence-electron chi connectivity index (χ0n) is 10.4. The highest BCUT2D eigenvalue weighted by molar-refractivity contribution is 9.11. The van der Waals surface area contributed by atoms with Crippen LogP contribution in [0.5, 0.6) is 0 Å². The number of hydrogen-bond donors (Lipinski definition) is 2. The average Bonchev–Trinajstić information content (AvgIpc) is 2.43. The van der Waals surface area contributed by atoms with Crippen LogP contribution >= 0.6 is 43.5 Å². The first-order valence-corrected chi connectivity index (χ1v) is 7.64. The van der Waals surface area contributed by atoms with Crippen molar-refractivity contribution in [1.29, 1.82) is 0 Å². The lowest BCUT2D eigenvalue weighted by molar-refractivity contribution is 0.0696. The third-order valence-corrected chi connectivity index (χ3v) is 4.57. The summed E-state index contributed by atoms with van der Waals surface area (Å²) in [5, 5.41) is 12.0. The summed E-state index contributed by atoms with van der Waals surface area (Å²) in [6, 6.07) is 9.19. The van der Waals surface area contributed by atoms with Gasteiger partial charge in [-0.3, -0.25) is 4.79 Å². The Labute approximate surface area is 142 Å². The summed E-state index contributed by atoms with van der Waals surface area (Å²) >= 11 is 12.5. The number of amides is 1. The van der Waals surface area contributed by atoms with Gasteiger partial charge in [-0.25, -0.2) is 4.79 Å². The van der Waals surface area contributed by atoms with Crippen molar-refractivity contribution in [2.24, 2.45) is 0 Å². The van der Waals surface area contributed by atoms with Gasteiger partial charge >= 0.3 is 5.97 Å². The molecule has 7 heteroatoms. The van der Waals surface area contributed by atoms with E-state index in [4.69, 9.17) is 16.7 Å². The molecule has 0 unspecified atom stereocenters. The Morgan fingerprint density at radius 2 is 1.62 bits per heavy atom. The van der Waals surface area contributed by atoms with Crippen LogP contribution in [-0.2, 0) is 0 Å². The van der Waals surface area contributed by atoms with Crippen LogP contribution in [0.15, 0.2) is 45.3 Å². The molecule has 4 nitrogen and oxygen atoms in total. The molecule has 1 amide bonds. The zero-order valence-corrected chi connectivity index (χ0v) is 14.3. The molecule has 21 heavy (non-hydrogen) atoms. The maximum Gasteiger partial charge on any atom is 0.335 e. The third kappa shape index (κ3) is 3.84. The Morgan fingerprint density at radius 3 is 2.24 bits per heavy atom. The largest absolute Gasteiger partial charge is 0.478 e. The molecule has 2 aromatic carbocycles. The molecular formula is C14H8Br2ClNO3. The SMILES string of the molecule is O=C(O)c1ccc(Br)c(NC(=O)c2ccc(Br)c(Cl)c2)c1. The lowest BCUT2D eigenvalue weighted by Crippen LogP contribution is -2.13. The van der Waals surface area contributed by atoms with Crippen molar-refractivity contribution in [1.82, 2.24) is 0 Å². The summed E-state index contributed by atoms with van der Waals surface area (Å²) in [6.07, 6.45) is 0. The van der Waals surface area contributed by atoms with Crippen molar-refractivity contribution in [2.75, 3.05) is 5.32 Å². The maximum absolute atomic E-state index is 12.2. The highest BCUT2D eigenvalue weighted by Crippen LogP contribution is 2.26. The van der Waals surface area contributed by atoms with E-state index < -0.39 is 5.97 Å². The first-order chi connectivity index (χ1) is 9.88.